The number of halogens is 2. The minimum atomic E-state index is -0.141. The van der Waals surface area contributed by atoms with Gasteiger partial charge in [-0.05, 0) is 82.0 Å². The molecule has 0 saturated carbocycles. The van der Waals surface area contributed by atoms with E-state index >= 15 is 0 Å². The first-order valence-corrected chi connectivity index (χ1v) is 9.20. The highest BCUT2D eigenvalue weighted by Crippen LogP contribution is 2.25. The minimum Gasteiger partial charge on any atom is -0.295 e. The first-order chi connectivity index (χ1) is 11.9. The molecule has 7 heteroatoms. The van der Waals surface area contributed by atoms with E-state index in [0.29, 0.717) is 11.4 Å². The molecule has 0 spiro atoms. The molecule has 0 aliphatic carbocycles. The van der Waals surface area contributed by atoms with Crippen LogP contribution in [0.4, 0.5) is 5.82 Å². The van der Waals surface area contributed by atoms with Crippen molar-refractivity contribution in [2.45, 2.75) is 20.8 Å². The largest absolute Gasteiger partial charge is 0.295 e. The van der Waals surface area contributed by atoms with E-state index in [1.54, 1.807) is 12.4 Å². The highest BCUT2D eigenvalue weighted by Gasteiger charge is 2.11. The second-order valence-electron chi connectivity index (χ2n) is 5.78. The summed E-state index contributed by atoms with van der Waals surface area (Å²) >= 11 is 6.77. The number of benzene rings is 1. The fourth-order valence-electron chi connectivity index (χ4n) is 2.39. The number of aromatic amines is 1. The quantitative estimate of drug-likeness (QED) is 0.569. The Morgan fingerprint density at radius 1 is 1.16 bits per heavy atom. The van der Waals surface area contributed by atoms with E-state index in [-0.39, 0.29) is 5.56 Å². The van der Waals surface area contributed by atoms with Crippen LogP contribution >= 0.6 is 31.9 Å². The maximum atomic E-state index is 12.7. The summed E-state index contributed by atoms with van der Waals surface area (Å²) in [6.45, 7) is 5.92. The number of nitrogens with zero attached hydrogens (tertiary/aromatic N) is 3. The second kappa shape index (κ2) is 7.09. The lowest BCUT2D eigenvalue weighted by Gasteiger charge is -2.05. The molecule has 25 heavy (non-hydrogen) atoms. The van der Waals surface area contributed by atoms with Gasteiger partial charge in [-0.1, -0.05) is 6.07 Å². The molecular weight excluding hydrogens is 448 g/mol. The number of hydrogen-bond donors (Lipinski definition) is 1. The highest BCUT2D eigenvalue weighted by atomic mass is 79.9. The van der Waals surface area contributed by atoms with E-state index in [4.69, 9.17) is 0 Å². The average molecular weight is 464 g/mol. The number of aliphatic imine (C=N–C) groups is 1. The van der Waals surface area contributed by atoms with Gasteiger partial charge >= 0.3 is 0 Å². The normalized spacial score (nSPS) is 11.4. The molecule has 5 nitrogen and oxygen atoms in total. The van der Waals surface area contributed by atoms with Gasteiger partial charge in [0.25, 0.3) is 5.56 Å². The molecule has 2 aromatic heterocycles. The topological polar surface area (TPSA) is 63.0 Å². The summed E-state index contributed by atoms with van der Waals surface area (Å²) < 4.78 is 3.14. The van der Waals surface area contributed by atoms with Gasteiger partial charge in [0.1, 0.15) is 0 Å². The lowest BCUT2D eigenvalue weighted by atomic mass is 10.1. The molecule has 0 bridgehead atoms. The van der Waals surface area contributed by atoms with Crippen LogP contribution < -0.4 is 5.56 Å². The third kappa shape index (κ3) is 3.67. The summed E-state index contributed by atoms with van der Waals surface area (Å²) in [6.07, 6.45) is 3.21. The van der Waals surface area contributed by atoms with Gasteiger partial charge in [-0.25, -0.2) is 14.7 Å². The molecule has 0 atom stereocenters. The van der Waals surface area contributed by atoms with Gasteiger partial charge in [0.05, 0.1) is 15.7 Å². The summed E-state index contributed by atoms with van der Waals surface area (Å²) in [6, 6.07) is 7.77. The Balaban J connectivity index is 2.01. The van der Waals surface area contributed by atoms with Crippen molar-refractivity contribution in [3.63, 3.8) is 0 Å². The van der Waals surface area contributed by atoms with E-state index in [0.717, 1.165) is 25.9 Å². The van der Waals surface area contributed by atoms with Crippen LogP contribution in [0.2, 0.25) is 0 Å². The van der Waals surface area contributed by atoms with E-state index in [1.165, 1.54) is 10.2 Å². The third-order valence-corrected chi connectivity index (χ3v) is 4.99. The van der Waals surface area contributed by atoms with Crippen LogP contribution in [0.1, 0.15) is 22.4 Å². The Hall–Kier alpha value is -1.99. The predicted molar refractivity (Wildman–Crippen MR) is 107 cm³/mol. The molecule has 0 aliphatic rings. The van der Waals surface area contributed by atoms with Gasteiger partial charge in [-0.15, -0.1) is 0 Å². The van der Waals surface area contributed by atoms with Crippen LogP contribution in [0.3, 0.4) is 0 Å². The molecule has 0 saturated heterocycles. The number of pyridine rings is 1. The Labute approximate surface area is 162 Å². The summed E-state index contributed by atoms with van der Waals surface area (Å²) in [7, 11) is 0. The molecule has 0 aliphatic heterocycles. The first-order valence-electron chi connectivity index (χ1n) is 7.61. The maximum Gasteiger partial charge on any atom is 0.280 e. The first kappa shape index (κ1) is 17.8. The zero-order chi connectivity index (χ0) is 18.1. The number of H-pyrrole nitrogens is 1. The van der Waals surface area contributed by atoms with Crippen LogP contribution in [-0.4, -0.2) is 21.0 Å². The van der Waals surface area contributed by atoms with Gasteiger partial charge in [-0.3, -0.25) is 9.89 Å². The molecular formula is C18H16Br2N4O. The summed E-state index contributed by atoms with van der Waals surface area (Å²) in [5.41, 5.74) is 4.24. The Morgan fingerprint density at radius 3 is 2.60 bits per heavy atom. The lowest BCUT2D eigenvalue weighted by Crippen LogP contribution is -2.17. The Kier molecular flexibility index (Phi) is 5.06. The summed E-state index contributed by atoms with van der Waals surface area (Å²) in [4.78, 5) is 21.3. The SMILES string of the molecule is Cc1ccc(-n2[nH]c(C)c(C=Nc3ncc(Br)cc3Br)c2=O)cc1C. The van der Waals surface area contributed by atoms with Crippen LogP contribution in [0.5, 0.6) is 0 Å². The molecule has 0 amide bonds. The van der Waals surface area contributed by atoms with Gasteiger partial charge < -0.3 is 0 Å². The van der Waals surface area contributed by atoms with Crippen LogP contribution in [0.15, 0.2) is 49.2 Å². The number of rotatable bonds is 3. The van der Waals surface area contributed by atoms with Crippen molar-refractivity contribution in [3.8, 4) is 5.69 Å². The molecule has 0 unspecified atom stereocenters. The van der Waals surface area contributed by atoms with E-state index in [1.807, 2.05) is 45.0 Å². The maximum absolute atomic E-state index is 12.7. The van der Waals surface area contributed by atoms with E-state index in [9.17, 15) is 4.79 Å². The average Bonchev–Trinajstić information content (AvgIpc) is 2.84. The van der Waals surface area contributed by atoms with Gasteiger partial charge in [0.15, 0.2) is 5.82 Å². The standard InChI is InChI=1S/C18H16Br2N4O/c1-10-4-5-14(6-11(10)2)24-18(25)15(12(3)23-24)9-22-17-16(20)7-13(19)8-21-17/h4-9,23H,1-3H3. The molecule has 1 N–H and O–H groups in total. The van der Waals surface area contributed by atoms with Crippen molar-refractivity contribution in [1.82, 2.24) is 14.8 Å². The molecule has 2 heterocycles. The van der Waals surface area contributed by atoms with Gasteiger partial charge in [0, 0.05) is 22.6 Å². The number of hydrogen-bond acceptors (Lipinski definition) is 3. The van der Waals surface area contributed by atoms with Crippen LogP contribution in [0, 0.1) is 20.8 Å². The predicted octanol–water partition coefficient (Wildman–Crippen LogP) is 4.76. The van der Waals surface area contributed by atoms with Crippen LogP contribution in [0.25, 0.3) is 5.69 Å². The van der Waals surface area contributed by atoms with E-state index < -0.39 is 0 Å². The Bertz CT molecular complexity index is 1030. The zero-order valence-electron chi connectivity index (χ0n) is 14.0. The fraction of sp³-hybridized carbons (Fsp3) is 0.167. The smallest absolute Gasteiger partial charge is 0.280 e. The van der Waals surface area contributed by atoms with Gasteiger partial charge in [0.2, 0.25) is 0 Å². The van der Waals surface area contributed by atoms with Crippen molar-refractivity contribution in [2.75, 3.05) is 0 Å². The number of aromatic nitrogens is 3. The monoisotopic (exact) mass is 462 g/mol. The Morgan fingerprint density at radius 2 is 1.92 bits per heavy atom. The fourth-order valence-corrected chi connectivity index (χ4v) is 3.48. The molecule has 3 rings (SSSR count). The van der Waals surface area contributed by atoms with Crippen molar-refractivity contribution >= 4 is 43.9 Å². The minimum absolute atomic E-state index is 0.141. The summed E-state index contributed by atoms with van der Waals surface area (Å²) in [5.74, 6) is 0.515. The van der Waals surface area contributed by atoms with Crippen molar-refractivity contribution in [3.05, 3.63) is 72.1 Å². The van der Waals surface area contributed by atoms with Crippen LogP contribution in [-0.2, 0) is 0 Å². The lowest BCUT2D eigenvalue weighted by molar-refractivity contribution is 0.833. The summed E-state index contributed by atoms with van der Waals surface area (Å²) in [5, 5.41) is 3.11. The molecule has 0 fully saturated rings. The zero-order valence-corrected chi connectivity index (χ0v) is 17.1. The van der Waals surface area contributed by atoms with Crippen molar-refractivity contribution in [2.24, 2.45) is 4.99 Å². The molecule has 3 aromatic rings. The van der Waals surface area contributed by atoms with Crippen molar-refractivity contribution < 1.29 is 0 Å². The third-order valence-electron chi connectivity index (χ3n) is 3.97. The highest BCUT2D eigenvalue weighted by molar-refractivity contribution is 9.11. The molecule has 1 aromatic carbocycles. The second-order valence-corrected chi connectivity index (χ2v) is 7.55. The molecule has 0 radical (unpaired) electrons. The number of aryl methyl sites for hydroxylation is 3. The van der Waals surface area contributed by atoms with Crippen molar-refractivity contribution in [1.29, 1.82) is 0 Å². The van der Waals surface area contributed by atoms with Gasteiger partial charge in [-0.2, -0.15) is 0 Å². The number of nitrogens with one attached hydrogen (secondary N) is 1. The molecule has 128 valence electrons. The van der Waals surface area contributed by atoms with E-state index in [2.05, 4.69) is 46.9 Å².